The largest absolute Gasteiger partial charge is 0.350 e. The summed E-state index contributed by atoms with van der Waals surface area (Å²) in [6.07, 6.45) is 0. The molecule has 0 bridgehead atoms. The molecule has 1 aliphatic heterocycles. The van der Waals surface area contributed by atoms with Crippen LogP contribution in [0, 0.1) is 5.92 Å². The van der Waals surface area contributed by atoms with Crippen molar-refractivity contribution >= 4 is 17.6 Å². The van der Waals surface area contributed by atoms with Crippen molar-refractivity contribution in [1.29, 1.82) is 0 Å². The molecule has 0 saturated heterocycles. The number of carbonyl (C=O) groups excluding carboxylic acids is 2. The van der Waals surface area contributed by atoms with Crippen molar-refractivity contribution in [2.45, 2.75) is 46.2 Å². The number of nitrogens with zero attached hydrogens (tertiary/aromatic N) is 1. The monoisotopic (exact) mass is 301 g/mol. The zero-order valence-corrected chi connectivity index (χ0v) is 13.7. The lowest BCUT2D eigenvalue weighted by atomic mass is 9.89. The van der Waals surface area contributed by atoms with E-state index in [-0.39, 0.29) is 23.8 Å². The van der Waals surface area contributed by atoms with Crippen molar-refractivity contribution < 1.29 is 9.59 Å². The van der Waals surface area contributed by atoms with E-state index in [4.69, 9.17) is 0 Å². The van der Waals surface area contributed by atoms with Crippen LogP contribution in [-0.4, -0.2) is 29.2 Å². The van der Waals surface area contributed by atoms with Crippen molar-refractivity contribution in [3.05, 3.63) is 35.4 Å². The Morgan fingerprint density at radius 3 is 2.41 bits per heavy atom. The molecule has 2 rings (SSSR count). The number of nitrogens with one attached hydrogen (secondary N) is 2. The van der Waals surface area contributed by atoms with Crippen molar-refractivity contribution in [2.75, 3.05) is 0 Å². The molecule has 0 aromatic heterocycles. The zero-order valence-electron chi connectivity index (χ0n) is 13.7. The van der Waals surface area contributed by atoms with Gasteiger partial charge in [0.05, 0.1) is 5.56 Å². The number of rotatable bonds is 4. The molecule has 0 unspecified atom stereocenters. The zero-order chi connectivity index (χ0) is 16.5. The molecule has 0 fully saturated rings. The summed E-state index contributed by atoms with van der Waals surface area (Å²) in [5.74, 6) is 0.245. The molecule has 22 heavy (non-hydrogen) atoms. The van der Waals surface area contributed by atoms with Crippen molar-refractivity contribution in [3.63, 3.8) is 0 Å². The number of hydrogen-bond donors (Lipinski definition) is 2. The standard InChI is InChI=1S/C17H23N3O2/c1-10(2)17(5)16(22)19-14(20-17)12-8-6-7-9-13(12)15(21)18-11(3)4/h6-11H,1-5H3,(H,18,21)(H,19,20,22)/t17-/m0/s1. The van der Waals surface area contributed by atoms with E-state index < -0.39 is 5.54 Å². The van der Waals surface area contributed by atoms with Crippen LogP contribution in [0.4, 0.5) is 0 Å². The number of amidine groups is 1. The minimum absolute atomic E-state index is 0.0431. The van der Waals surface area contributed by atoms with Crippen LogP contribution in [0.25, 0.3) is 0 Å². The molecule has 5 nitrogen and oxygen atoms in total. The number of benzene rings is 1. The van der Waals surface area contributed by atoms with Crippen LogP contribution in [0.5, 0.6) is 0 Å². The fourth-order valence-electron chi connectivity index (χ4n) is 2.29. The van der Waals surface area contributed by atoms with Gasteiger partial charge in [0.1, 0.15) is 11.4 Å². The predicted molar refractivity (Wildman–Crippen MR) is 87.0 cm³/mol. The van der Waals surface area contributed by atoms with E-state index >= 15 is 0 Å². The Balaban J connectivity index is 2.43. The second kappa shape index (κ2) is 5.91. The Hall–Kier alpha value is -2.17. The molecule has 5 heteroatoms. The second-order valence-electron chi connectivity index (χ2n) is 6.39. The van der Waals surface area contributed by atoms with Gasteiger partial charge in [-0.1, -0.05) is 32.0 Å². The summed E-state index contributed by atoms with van der Waals surface area (Å²) in [6, 6.07) is 7.23. The summed E-state index contributed by atoms with van der Waals surface area (Å²) in [5, 5.41) is 5.69. The lowest BCUT2D eigenvalue weighted by Crippen LogP contribution is -2.41. The van der Waals surface area contributed by atoms with Gasteiger partial charge < -0.3 is 10.6 Å². The maximum atomic E-state index is 12.3. The minimum Gasteiger partial charge on any atom is -0.350 e. The molecule has 0 radical (unpaired) electrons. The Labute approximate surface area is 131 Å². The van der Waals surface area contributed by atoms with Gasteiger partial charge in [0.2, 0.25) is 0 Å². The number of carbonyl (C=O) groups is 2. The molecule has 0 spiro atoms. The van der Waals surface area contributed by atoms with Crippen LogP contribution in [0.2, 0.25) is 0 Å². The smallest absolute Gasteiger partial charge is 0.253 e. The first-order valence-electron chi connectivity index (χ1n) is 7.57. The first kappa shape index (κ1) is 16.2. The van der Waals surface area contributed by atoms with Gasteiger partial charge in [-0.15, -0.1) is 0 Å². The Kier molecular flexibility index (Phi) is 4.35. The molecule has 1 aromatic rings. The molecule has 2 amide bonds. The highest BCUT2D eigenvalue weighted by molar-refractivity contribution is 6.18. The number of amides is 2. The van der Waals surface area contributed by atoms with Gasteiger partial charge in [-0.3, -0.25) is 14.6 Å². The van der Waals surface area contributed by atoms with Gasteiger partial charge in [0, 0.05) is 11.6 Å². The summed E-state index contributed by atoms with van der Waals surface area (Å²) >= 11 is 0. The molecule has 0 saturated carbocycles. The predicted octanol–water partition coefficient (Wildman–Crippen LogP) is 2.12. The topological polar surface area (TPSA) is 70.6 Å². The molecule has 118 valence electrons. The number of hydrogen-bond acceptors (Lipinski definition) is 3. The van der Waals surface area contributed by atoms with E-state index in [0.29, 0.717) is 17.0 Å². The summed E-state index contributed by atoms with van der Waals surface area (Å²) in [4.78, 5) is 29.2. The molecule has 2 N–H and O–H groups in total. The van der Waals surface area contributed by atoms with Crippen LogP contribution in [0.1, 0.15) is 50.5 Å². The maximum Gasteiger partial charge on any atom is 0.253 e. The van der Waals surface area contributed by atoms with Crippen LogP contribution in [0.15, 0.2) is 29.3 Å². The third kappa shape index (κ3) is 2.89. The van der Waals surface area contributed by atoms with E-state index in [1.807, 2.05) is 40.7 Å². The molecule has 1 heterocycles. The quantitative estimate of drug-likeness (QED) is 0.894. The Morgan fingerprint density at radius 2 is 1.86 bits per heavy atom. The minimum atomic E-state index is -0.795. The summed E-state index contributed by atoms with van der Waals surface area (Å²) in [5.41, 5.74) is 0.374. The van der Waals surface area contributed by atoms with Gasteiger partial charge in [-0.25, -0.2) is 0 Å². The van der Waals surface area contributed by atoms with E-state index in [1.54, 1.807) is 18.2 Å². The molecular formula is C17H23N3O2. The van der Waals surface area contributed by atoms with E-state index in [9.17, 15) is 9.59 Å². The molecule has 1 atom stereocenters. The van der Waals surface area contributed by atoms with Gasteiger partial charge in [-0.2, -0.15) is 0 Å². The maximum absolute atomic E-state index is 12.3. The fourth-order valence-corrected chi connectivity index (χ4v) is 2.29. The van der Waals surface area contributed by atoms with Crippen molar-refractivity contribution in [2.24, 2.45) is 10.9 Å². The van der Waals surface area contributed by atoms with Crippen LogP contribution in [0.3, 0.4) is 0 Å². The van der Waals surface area contributed by atoms with Crippen molar-refractivity contribution in [1.82, 2.24) is 10.6 Å². The van der Waals surface area contributed by atoms with Crippen LogP contribution < -0.4 is 10.6 Å². The van der Waals surface area contributed by atoms with E-state index in [1.165, 1.54) is 0 Å². The lowest BCUT2D eigenvalue weighted by Gasteiger charge is -2.21. The SMILES string of the molecule is CC(C)NC(=O)c1ccccc1C1=N[C@@](C)(C(C)C)C(=O)N1. The number of aliphatic imine (C=N–C) groups is 1. The first-order valence-corrected chi connectivity index (χ1v) is 7.57. The molecule has 0 aliphatic carbocycles. The Bertz CT molecular complexity index is 635. The fraction of sp³-hybridized carbons (Fsp3) is 0.471. The highest BCUT2D eigenvalue weighted by Crippen LogP contribution is 2.27. The Morgan fingerprint density at radius 1 is 1.23 bits per heavy atom. The third-order valence-corrected chi connectivity index (χ3v) is 4.01. The van der Waals surface area contributed by atoms with Crippen LogP contribution >= 0.6 is 0 Å². The van der Waals surface area contributed by atoms with E-state index in [2.05, 4.69) is 15.6 Å². The highest BCUT2D eigenvalue weighted by Gasteiger charge is 2.42. The lowest BCUT2D eigenvalue weighted by molar-refractivity contribution is -0.124. The van der Waals surface area contributed by atoms with Crippen LogP contribution in [-0.2, 0) is 4.79 Å². The molecule has 1 aromatic carbocycles. The average molecular weight is 301 g/mol. The molecular weight excluding hydrogens is 278 g/mol. The summed E-state index contributed by atoms with van der Waals surface area (Å²) in [6.45, 7) is 9.56. The highest BCUT2D eigenvalue weighted by atomic mass is 16.2. The summed E-state index contributed by atoms with van der Waals surface area (Å²) < 4.78 is 0. The normalized spacial score (nSPS) is 21.0. The van der Waals surface area contributed by atoms with Crippen molar-refractivity contribution in [3.8, 4) is 0 Å². The second-order valence-corrected chi connectivity index (χ2v) is 6.39. The van der Waals surface area contributed by atoms with Gasteiger partial charge in [-0.05, 0) is 32.8 Å². The van der Waals surface area contributed by atoms with Gasteiger partial charge in [0.25, 0.3) is 11.8 Å². The van der Waals surface area contributed by atoms with E-state index in [0.717, 1.165) is 0 Å². The van der Waals surface area contributed by atoms with Gasteiger partial charge >= 0.3 is 0 Å². The summed E-state index contributed by atoms with van der Waals surface area (Å²) in [7, 11) is 0. The first-order chi connectivity index (χ1) is 10.3. The average Bonchev–Trinajstić information content (AvgIpc) is 2.75. The third-order valence-electron chi connectivity index (χ3n) is 4.01. The molecule has 1 aliphatic rings. The van der Waals surface area contributed by atoms with Gasteiger partial charge in [0.15, 0.2) is 0 Å².